The van der Waals surface area contributed by atoms with Gasteiger partial charge in [0.05, 0.1) is 59.9 Å². The molecule has 0 aromatic heterocycles. The minimum absolute atomic E-state index is 0.00163. The number of rotatable bonds is 27. The molecule has 44 heteroatoms. The third-order valence-electron chi connectivity index (χ3n) is 10.5. The molecule has 94 heavy (non-hydrogen) atoms. The average Bonchev–Trinajstić information content (AvgIpc) is 0.829. The number of para-hydroxylation sites is 2. The van der Waals surface area contributed by atoms with Gasteiger partial charge in [0.2, 0.25) is 0 Å². The number of methoxy groups -OCH3 is 2. The molecule has 33 nitrogen and oxygen atoms in total. The van der Waals surface area contributed by atoms with E-state index in [0.29, 0.717) is 23.0 Å². The van der Waals surface area contributed by atoms with Crippen molar-refractivity contribution >= 4 is 115 Å². The third kappa shape index (κ3) is 43.9. The predicted octanol–water partition coefficient (Wildman–Crippen LogP) is 12.4. The van der Waals surface area contributed by atoms with Gasteiger partial charge in [-0.2, -0.15) is 4.31 Å². The molecule has 0 bridgehead atoms. The fourth-order valence-electron chi connectivity index (χ4n) is 4.72. The molecule has 0 aliphatic carbocycles. The molecule has 0 aliphatic rings. The Hall–Kier alpha value is -1.55. The fraction of sp³-hybridized carbons (Fsp3) is 0.680. The van der Waals surface area contributed by atoms with Crippen LogP contribution in [0.2, 0.25) is 0 Å². The molecule has 2 aromatic rings. The molecule has 0 heterocycles. The van der Waals surface area contributed by atoms with Crippen LogP contribution in [0, 0.1) is 0 Å². The number of thioether (sulfide) groups is 2. The number of phosphoric acid groups is 3. The van der Waals surface area contributed by atoms with Gasteiger partial charge >= 0.3 is 80.8 Å². The van der Waals surface area contributed by atoms with Crippen LogP contribution in [0.15, 0.2) is 60.7 Å². The van der Waals surface area contributed by atoms with E-state index in [2.05, 4.69) is 27.8 Å². The number of benzene rings is 2. The standard InChI is InChI=1S/C14H22NO4P.C13H20NO4P.C11H21O5PS2.C4H13O9P3.C4H12O6P2.C4H11O3P/c1-11(2)20(17,15-14(3,4)13(16)18-5)19-12-9-7-6-8-10-12;1-10(2)19(16,14-11(3)13(15)17-4)18-12-8-6-5-7-9-12;1-9(2)17(14,15-5-7-18-10(3)12)16-6-8-19-11(4)13;1-4(2,3)14(5,6)12-16(10,11)13-15(7,8)9;1-4(2,3)11(5,6)10-12(7,8)9;1-4(2,3)8(5,6)7/h6-11H,1-5H3,(H,15,17);5-11H,1-4H3,(H,14,16);9H,5-8H2,1-4H3;1-3H3,(H,5,6)(H,10,11)(H2,7,8,9);1-3H3,(H,5,6)(H2,7,8,9);1-3H3,(H2,5,6,7). The van der Waals surface area contributed by atoms with Gasteiger partial charge in [0.1, 0.15) is 23.1 Å². The first-order valence-corrected chi connectivity index (χ1v) is 43.9. The van der Waals surface area contributed by atoms with E-state index < -0.39 is 108 Å². The second kappa shape index (κ2) is 42.0. The van der Waals surface area contributed by atoms with Crippen molar-refractivity contribution in [3.63, 3.8) is 0 Å². The third-order valence-corrected chi connectivity index (χ3v) is 30.0. The van der Waals surface area contributed by atoms with Gasteiger partial charge in [-0.05, 0) is 107 Å². The van der Waals surface area contributed by atoms with Crippen LogP contribution >= 0.6 is 92.4 Å². The van der Waals surface area contributed by atoms with Gasteiger partial charge in [-0.1, -0.05) is 101 Å². The molecule has 6 atom stereocenters. The zero-order valence-electron chi connectivity index (χ0n) is 56.8. The fourth-order valence-corrected chi connectivity index (χ4v) is 16.4. The van der Waals surface area contributed by atoms with Crippen LogP contribution in [-0.4, -0.2) is 149 Å². The summed E-state index contributed by atoms with van der Waals surface area (Å²) in [4.78, 5) is 122. The van der Waals surface area contributed by atoms with Crippen molar-refractivity contribution in [1.82, 2.24) is 10.2 Å². The number of esters is 2. The maximum Gasteiger partial charge on any atom is 0.488 e. The lowest BCUT2D eigenvalue weighted by Crippen LogP contribution is -2.47. The van der Waals surface area contributed by atoms with E-state index in [-0.39, 0.29) is 40.4 Å². The smallest absolute Gasteiger partial charge is 0.468 e. The zero-order valence-corrected chi connectivity index (χ0v) is 66.4. The highest BCUT2D eigenvalue weighted by Crippen LogP contribution is 2.70. The van der Waals surface area contributed by atoms with E-state index in [4.69, 9.17) is 62.0 Å². The van der Waals surface area contributed by atoms with Crippen LogP contribution in [0.5, 0.6) is 11.5 Å². The lowest BCUT2D eigenvalue weighted by Gasteiger charge is -2.31. The molecule has 0 saturated carbocycles. The average molecular weight is 1570 g/mol. The van der Waals surface area contributed by atoms with Crippen molar-refractivity contribution < 1.29 is 145 Å². The molecule has 0 saturated heterocycles. The Morgan fingerprint density at radius 1 is 0.479 bits per heavy atom. The Morgan fingerprint density at radius 2 is 0.809 bits per heavy atom. The second-order valence-electron chi connectivity index (χ2n) is 23.6. The Morgan fingerprint density at radius 3 is 1.06 bits per heavy atom. The lowest BCUT2D eigenvalue weighted by atomic mass is 10.1. The summed E-state index contributed by atoms with van der Waals surface area (Å²) in [6, 6.07) is 17.1. The Balaban J connectivity index is -0.000000527. The van der Waals surface area contributed by atoms with E-state index in [1.54, 1.807) is 111 Å². The van der Waals surface area contributed by atoms with Crippen LogP contribution < -0.4 is 19.2 Å². The zero-order chi connectivity index (χ0) is 75.4. The van der Waals surface area contributed by atoms with E-state index in [1.165, 1.54) is 90.4 Å². The maximum absolute atomic E-state index is 13.0. The first kappa shape index (κ1) is 98.8. The molecule has 2 aromatic carbocycles. The minimum Gasteiger partial charge on any atom is -0.468 e. The van der Waals surface area contributed by atoms with Crippen LogP contribution in [0.25, 0.3) is 0 Å². The molecule has 6 unspecified atom stereocenters. The van der Waals surface area contributed by atoms with Crippen molar-refractivity contribution in [2.75, 3.05) is 38.9 Å². The molecule has 552 valence electrons. The number of hydrogen-bond acceptors (Lipinski definition) is 24. The summed E-state index contributed by atoms with van der Waals surface area (Å²) in [5, 5.41) is 2.09. The molecule has 11 N–H and O–H groups in total. The van der Waals surface area contributed by atoms with Gasteiger partial charge in [-0.3, -0.25) is 46.6 Å². The number of hydrogen-bond donors (Lipinski definition) is 11. The molecule has 0 fully saturated rings. The largest absolute Gasteiger partial charge is 0.488 e. The highest BCUT2D eigenvalue weighted by molar-refractivity contribution is 8.13. The van der Waals surface area contributed by atoms with Gasteiger partial charge in [0.25, 0.3) is 0 Å². The highest BCUT2D eigenvalue weighted by atomic mass is 32.2. The van der Waals surface area contributed by atoms with Crippen molar-refractivity contribution in [2.45, 2.75) is 183 Å². The lowest BCUT2D eigenvalue weighted by molar-refractivity contribution is -0.146. The first-order chi connectivity index (χ1) is 41.7. The number of carbonyl (C=O) groups is 4. The number of ether oxygens (including phenoxy) is 2. The van der Waals surface area contributed by atoms with Crippen molar-refractivity contribution in [3.05, 3.63) is 60.7 Å². The molecule has 0 radical (unpaired) electrons. The molecular formula is C50H99N2O31P9S2. The Kier molecular flexibility index (Phi) is 44.2. The van der Waals surface area contributed by atoms with Crippen LogP contribution in [-0.2, 0) is 91.7 Å². The van der Waals surface area contributed by atoms with E-state index >= 15 is 0 Å². The summed E-state index contributed by atoms with van der Waals surface area (Å²) in [6.45, 7) is 31.1. The van der Waals surface area contributed by atoms with Gasteiger partial charge < -0.3 is 71.6 Å². The van der Waals surface area contributed by atoms with Gasteiger partial charge in [-0.15, -0.1) is 0 Å². The summed E-state index contributed by atoms with van der Waals surface area (Å²) in [6.07, 6.45) is 0. The van der Waals surface area contributed by atoms with Gasteiger partial charge in [0.15, 0.2) is 10.2 Å². The Labute approximate surface area is 560 Å². The topological polar surface area (TPSA) is 511 Å². The quantitative estimate of drug-likeness (QED) is 0.0225. The summed E-state index contributed by atoms with van der Waals surface area (Å²) in [7, 11) is -35.2. The van der Waals surface area contributed by atoms with Crippen molar-refractivity contribution in [3.8, 4) is 11.5 Å². The first-order valence-electron chi connectivity index (χ1n) is 27.6. The molecule has 0 amide bonds. The Bertz CT molecular complexity index is 3080. The van der Waals surface area contributed by atoms with Gasteiger partial charge in [0, 0.05) is 25.4 Å². The maximum atomic E-state index is 13.0. The van der Waals surface area contributed by atoms with Crippen LogP contribution in [0.1, 0.15) is 138 Å². The highest BCUT2D eigenvalue weighted by Gasteiger charge is 2.47. The predicted molar refractivity (Wildman–Crippen MR) is 363 cm³/mol. The molecule has 0 spiro atoms. The summed E-state index contributed by atoms with van der Waals surface area (Å²) >= 11 is 2.25. The number of carbonyl (C=O) groups excluding carboxylic acids is 4. The molecule has 2 rings (SSSR count). The van der Waals surface area contributed by atoms with E-state index in [9.17, 15) is 65.2 Å². The van der Waals surface area contributed by atoms with Crippen molar-refractivity contribution in [2.24, 2.45) is 0 Å². The van der Waals surface area contributed by atoms with Crippen LogP contribution in [0.4, 0.5) is 0 Å². The minimum atomic E-state index is -5.31. The summed E-state index contributed by atoms with van der Waals surface area (Å²) in [5.41, 5.74) is -1.90. The van der Waals surface area contributed by atoms with E-state index in [0.717, 1.165) is 23.5 Å². The molecular weight excluding hydrogens is 1470 g/mol. The van der Waals surface area contributed by atoms with E-state index in [1.807, 2.05) is 12.1 Å². The summed E-state index contributed by atoms with van der Waals surface area (Å²) < 4.78 is 145. The SMILES string of the molecule is CC(=O)SCCOP(=O)(OCCSC(C)=O)C(C)C.CC(C)(C)P(=O)(O)O.CC(C)(C)P(=O)(O)OP(=O)(O)O.CC(C)(C)P(=O)(O)OP(=O)(O)OP(=O)(O)O.COC(=O)C(C)(C)NP(=O)(Oc1ccccc1)C(C)C.COC(=O)C(C)NP(=O)(Oc1ccccc1)C(C)C. The van der Waals surface area contributed by atoms with Crippen LogP contribution in [0.3, 0.4) is 0 Å². The normalized spacial score (nSPS) is 15.9. The second-order valence-corrected chi connectivity index (χ2v) is 46.1. The van der Waals surface area contributed by atoms with Gasteiger partial charge in [-0.25, -0.2) is 32.5 Å². The molecule has 0 aliphatic heterocycles. The number of nitrogens with one attached hydrogen (secondary N) is 2. The summed E-state index contributed by atoms with van der Waals surface area (Å²) in [5.74, 6) is 0.948. The monoisotopic (exact) mass is 1570 g/mol. The van der Waals surface area contributed by atoms with Crippen molar-refractivity contribution in [1.29, 1.82) is 0 Å².